The van der Waals surface area contributed by atoms with E-state index in [4.69, 9.17) is 9.47 Å². The van der Waals surface area contributed by atoms with Gasteiger partial charge in [0.2, 0.25) is 5.91 Å². The largest absolute Gasteiger partial charge is 0.493 e. The second kappa shape index (κ2) is 8.54. The van der Waals surface area contributed by atoms with Crippen molar-refractivity contribution >= 4 is 23.5 Å². The maximum absolute atomic E-state index is 12.5. The van der Waals surface area contributed by atoms with Crippen molar-refractivity contribution in [3.63, 3.8) is 0 Å². The van der Waals surface area contributed by atoms with Gasteiger partial charge in [0.1, 0.15) is 0 Å². The summed E-state index contributed by atoms with van der Waals surface area (Å²) in [6.07, 6.45) is 4.70. The first kappa shape index (κ1) is 18.7. The molecule has 1 heterocycles. The van der Waals surface area contributed by atoms with Gasteiger partial charge in [-0.1, -0.05) is 24.3 Å². The molecule has 1 aliphatic heterocycles. The zero-order valence-electron chi connectivity index (χ0n) is 15.6. The van der Waals surface area contributed by atoms with Crippen LogP contribution in [0.5, 0.6) is 11.5 Å². The highest BCUT2D eigenvalue weighted by molar-refractivity contribution is 6.08. The fourth-order valence-electron chi connectivity index (χ4n) is 3.08. The van der Waals surface area contributed by atoms with Crippen molar-refractivity contribution in [1.29, 1.82) is 0 Å². The Morgan fingerprint density at radius 3 is 2.74 bits per heavy atom. The number of amides is 1. The van der Waals surface area contributed by atoms with Crippen LogP contribution in [-0.2, 0) is 4.79 Å². The molecule has 1 saturated heterocycles. The third-order valence-electron chi connectivity index (χ3n) is 4.43. The van der Waals surface area contributed by atoms with Crippen molar-refractivity contribution in [2.75, 3.05) is 25.2 Å². The Balaban J connectivity index is 1.76. The van der Waals surface area contributed by atoms with Gasteiger partial charge in [-0.05, 0) is 49.2 Å². The zero-order chi connectivity index (χ0) is 19.2. The van der Waals surface area contributed by atoms with Crippen molar-refractivity contribution < 1.29 is 19.1 Å². The number of benzene rings is 2. The van der Waals surface area contributed by atoms with Gasteiger partial charge in [0.25, 0.3) is 0 Å². The third-order valence-corrected chi connectivity index (χ3v) is 4.43. The molecule has 140 valence electrons. The molecule has 27 heavy (non-hydrogen) atoms. The molecule has 0 N–H and O–H groups in total. The van der Waals surface area contributed by atoms with Crippen molar-refractivity contribution in [2.45, 2.75) is 19.8 Å². The minimum absolute atomic E-state index is 0.108. The molecule has 0 radical (unpaired) electrons. The fourth-order valence-corrected chi connectivity index (χ4v) is 3.08. The highest BCUT2D eigenvalue weighted by Crippen LogP contribution is 2.28. The Hall–Kier alpha value is -3.08. The molecule has 1 amide bonds. The zero-order valence-corrected chi connectivity index (χ0v) is 15.6. The van der Waals surface area contributed by atoms with E-state index in [1.165, 1.54) is 6.08 Å². The molecule has 5 heteroatoms. The summed E-state index contributed by atoms with van der Waals surface area (Å²) in [4.78, 5) is 26.2. The van der Waals surface area contributed by atoms with E-state index in [0.29, 0.717) is 36.6 Å². The average Bonchev–Trinajstić information content (AvgIpc) is 3.13. The summed E-state index contributed by atoms with van der Waals surface area (Å²) in [5, 5.41) is 0. The second-order valence-electron chi connectivity index (χ2n) is 6.24. The molecule has 0 unspecified atom stereocenters. The van der Waals surface area contributed by atoms with E-state index in [1.54, 1.807) is 30.2 Å². The number of hydrogen-bond donors (Lipinski definition) is 0. The number of carbonyl (C=O) groups is 2. The average molecular weight is 365 g/mol. The van der Waals surface area contributed by atoms with E-state index in [2.05, 4.69) is 0 Å². The first-order chi connectivity index (χ1) is 13.1. The molecular weight excluding hydrogens is 342 g/mol. The SMILES string of the molecule is CCOc1ccc(C=CC(=O)c2cccc(N3CCCC3=O)c2)cc1OC. The number of allylic oxidation sites excluding steroid dienone is 1. The number of ketones is 1. The minimum atomic E-state index is -0.114. The lowest BCUT2D eigenvalue weighted by molar-refractivity contribution is -0.117. The molecule has 3 rings (SSSR count). The summed E-state index contributed by atoms with van der Waals surface area (Å²) < 4.78 is 10.8. The third kappa shape index (κ3) is 4.37. The summed E-state index contributed by atoms with van der Waals surface area (Å²) in [5.74, 6) is 1.29. The predicted octanol–water partition coefficient (Wildman–Crippen LogP) is 4.12. The topological polar surface area (TPSA) is 55.8 Å². The number of methoxy groups -OCH3 is 1. The fraction of sp³-hybridized carbons (Fsp3) is 0.273. The van der Waals surface area contributed by atoms with Gasteiger partial charge in [-0.25, -0.2) is 0 Å². The number of ether oxygens (including phenoxy) is 2. The Morgan fingerprint density at radius 1 is 1.19 bits per heavy atom. The van der Waals surface area contributed by atoms with Crippen LogP contribution in [0.1, 0.15) is 35.7 Å². The number of rotatable bonds is 7. The van der Waals surface area contributed by atoms with Gasteiger partial charge in [-0.15, -0.1) is 0 Å². The number of carbonyl (C=O) groups excluding carboxylic acids is 2. The lowest BCUT2D eigenvalue weighted by atomic mass is 10.1. The maximum Gasteiger partial charge on any atom is 0.227 e. The molecule has 0 aliphatic carbocycles. The normalized spacial score (nSPS) is 14.0. The van der Waals surface area contributed by atoms with Crippen molar-refractivity contribution in [3.05, 3.63) is 59.7 Å². The molecule has 0 saturated carbocycles. The smallest absolute Gasteiger partial charge is 0.227 e. The van der Waals surface area contributed by atoms with E-state index < -0.39 is 0 Å². The van der Waals surface area contributed by atoms with Gasteiger partial charge in [0, 0.05) is 24.2 Å². The lowest BCUT2D eigenvalue weighted by Crippen LogP contribution is -2.23. The van der Waals surface area contributed by atoms with Crippen LogP contribution in [0.3, 0.4) is 0 Å². The molecule has 1 aliphatic rings. The predicted molar refractivity (Wildman–Crippen MR) is 106 cm³/mol. The quantitative estimate of drug-likeness (QED) is 0.547. The summed E-state index contributed by atoms with van der Waals surface area (Å²) in [6, 6.07) is 12.7. The van der Waals surface area contributed by atoms with E-state index in [-0.39, 0.29) is 11.7 Å². The molecule has 0 aromatic heterocycles. The van der Waals surface area contributed by atoms with Crippen LogP contribution in [0.25, 0.3) is 6.08 Å². The summed E-state index contributed by atoms with van der Waals surface area (Å²) >= 11 is 0. The number of nitrogens with zero attached hydrogens (tertiary/aromatic N) is 1. The standard InChI is InChI=1S/C22H23NO4/c1-3-27-20-12-10-16(14-21(20)26-2)9-11-19(24)17-6-4-7-18(15-17)23-13-5-8-22(23)25/h4,6-7,9-12,14-15H,3,5,8,13H2,1-2H3. The van der Waals surface area contributed by atoms with E-state index in [9.17, 15) is 9.59 Å². The van der Waals surface area contributed by atoms with Gasteiger partial charge in [0.05, 0.1) is 13.7 Å². The monoisotopic (exact) mass is 365 g/mol. The van der Waals surface area contributed by atoms with Crippen molar-refractivity contribution in [3.8, 4) is 11.5 Å². The Kier molecular flexibility index (Phi) is 5.91. The molecule has 5 nitrogen and oxygen atoms in total. The minimum Gasteiger partial charge on any atom is -0.493 e. The molecular formula is C22H23NO4. The van der Waals surface area contributed by atoms with Crippen molar-refractivity contribution in [2.24, 2.45) is 0 Å². The van der Waals surface area contributed by atoms with Crippen LogP contribution in [0.4, 0.5) is 5.69 Å². The van der Waals surface area contributed by atoms with Crippen LogP contribution in [0.15, 0.2) is 48.5 Å². The summed E-state index contributed by atoms with van der Waals surface area (Å²) in [5.41, 5.74) is 2.18. The Morgan fingerprint density at radius 2 is 2.04 bits per heavy atom. The van der Waals surface area contributed by atoms with Crippen LogP contribution in [0, 0.1) is 0 Å². The number of anilines is 1. The van der Waals surface area contributed by atoms with Gasteiger partial charge in [-0.2, -0.15) is 0 Å². The van der Waals surface area contributed by atoms with Gasteiger partial charge in [-0.3, -0.25) is 9.59 Å². The van der Waals surface area contributed by atoms with Gasteiger partial charge >= 0.3 is 0 Å². The molecule has 2 aromatic carbocycles. The molecule has 1 fully saturated rings. The van der Waals surface area contributed by atoms with Crippen LogP contribution in [-0.4, -0.2) is 32.0 Å². The van der Waals surface area contributed by atoms with Crippen LogP contribution in [0.2, 0.25) is 0 Å². The van der Waals surface area contributed by atoms with Gasteiger partial charge < -0.3 is 14.4 Å². The summed E-state index contributed by atoms with van der Waals surface area (Å²) in [6.45, 7) is 3.17. The first-order valence-electron chi connectivity index (χ1n) is 9.06. The highest BCUT2D eigenvalue weighted by Gasteiger charge is 2.22. The first-order valence-corrected chi connectivity index (χ1v) is 9.06. The van der Waals surface area contributed by atoms with Gasteiger partial charge in [0.15, 0.2) is 17.3 Å². The second-order valence-corrected chi connectivity index (χ2v) is 6.24. The highest BCUT2D eigenvalue weighted by atomic mass is 16.5. The van der Waals surface area contributed by atoms with Crippen molar-refractivity contribution in [1.82, 2.24) is 0 Å². The van der Waals surface area contributed by atoms with E-state index in [0.717, 1.165) is 17.7 Å². The molecule has 0 atom stereocenters. The lowest BCUT2D eigenvalue weighted by Gasteiger charge is -2.16. The molecule has 0 bridgehead atoms. The number of hydrogen-bond acceptors (Lipinski definition) is 4. The molecule has 0 spiro atoms. The van der Waals surface area contributed by atoms with E-state index in [1.807, 2.05) is 37.3 Å². The maximum atomic E-state index is 12.5. The summed E-state index contributed by atoms with van der Waals surface area (Å²) in [7, 11) is 1.58. The molecule has 2 aromatic rings. The Bertz CT molecular complexity index is 872. The van der Waals surface area contributed by atoms with Crippen LogP contribution < -0.4 is 14.4 Å². The van der Waals surface area contributed by atoms with Crippen LogP contribution >= 0.6 is 0 Å². The Labute approximate surface area is 159 Å². The van der Waals surface area contributed by atoms with E-state index >= 15 is 0 Å².